The highest BCUT2D eigenvalue weighted by atomic mass is 16.4. The molecule has 4 N–H and O–H groups in total. The number of carbonyl (C=O) groups excluding carboxylic acids is 2. The van der Waals surface area contributed by atoms with Gasteiger partial charge in [0.2, 0.25) is 11.8 Å². The Hall–Kier alpha value is -1.63. The smallest absolute Gasteiger partial charge is 0.328 e. The standard InChI is InChI=1S/C9H14N2O5/c1-4(12)7(9(15)16)11-8(14)5-2-3-6(13)10-5/h4-5,7,12H,2-3H2,1H3,(H,10,13)(H,11,14)(H,15,16)/t4?,5-,7?/m1/s1. The van der Waals surface area contributed by atoms with Crippen LogP contribution in [0.3, 0.4) is 0 Å². The lowest BCUT2D eigenvalue weighted by Gasteiger charge is -2.19. The van der Waals surface area contributed by atoms with E-state index >= 15 is 0 Å². The van der Waals surface area contributed by atoms with Crippen molar-refractivity contribution in [2.75, 3.05) is 0 Å². The zero-order valence-corrected chi connectivity index (χ0v) is 8.77. The first-order chi connectivity index (χ1) is 7.41. The van der Waals surface area contributed by atoms with E-state index in [0.29, 0.717) is 6.42 Å². The molecule has 0 saturated carbocycles. The van der Waals surface area contributed by atoms with Gasteiger partial charge in [0.15, 0.2) is 6.04 Å². The number of aliphatic hydroxyl groups is 1. The lowest BCUT2D eigenvalue weighted by molar-refractivity contribution is -0.145. The van der Waals surface area contributed by atoms with Gasteiger partial charge in [0.1, 0.15) is 6.04 Å². The van der Waals surface area contributed by atoms with Crippen molar-refractivity contribution in [3.63, 3.8) is 0 Å². The number of aliphatic hydroxyl groups excluding tert-OH is 1. The van der Waals surface area contributed by atoms with Crippen LogP contribution in [0.5, 0.6) is 0 Å². The number of nitrogens with one attached hydrogen (secondary N) is 2. The average Bonchev–Trinajstić information content (AvgIpc) is 2.59. The third-order valence-electron chi connectivity index (χ3n) is 2.36. The van der Waals surface area contributed by atoms with E-state index in [-0.39, 0.29) is 12.3 Å². The van der Waals surface area contributed by atoms with Crippen molar-refractivity contribution >= 4 is 17.8 Å². The second-order valence-electron chi connectivity index (χ2n) is 3.72. The molecule has 0 aliphatic carbocycles. The van der Waals surface area contributed by atoms with Crippen LogP contribution in [0.4, 0.5) is 0 Å². The zero-order valence-electron chi connectivity index (χ0n) is 8.77. The summed E-state index contributed by atoms with van der Waals surface area (Å²) >= 11 is 0. The second-order valence-corrected chi connectivity index (χ2v) is 3.72. The number of carboxylic acids is 1. The monoisotopic (exact) mass is 230 g/mol. The summed E-state index contributed by atoms with van der Waals surface area (Å²) in [6, 6.07) is -2.06. The van der Waals surface area contributed by atoms with Crippen molar-refractivity contribution in [1.82, 2.24) is 10.6 Å². The van der Waals surface area contributed by atoms with Gasteiger partial charge in [0.05, 0.1) is 6.10 Å². The molecule has 1 heterocycles. The van der Waals surface area contributed by atoms with Gasteiger partial charge < -0.3 is 20.8 Å². The number of carboxylic acid groups (broad SMARTS) is 1. The summed E-state index contributed by atoms with van der Waals surface area (Å²) in [5, 5.41) is 22.5. The molecule has 0 aromatic heterocycles. The van der Waals surface area contributed by atoms with Crippen molar-refractivity contribution in [3.8, 4) is 0 Å². The fraction of sp³-hybridized carbons (Fsp3) is 0.667. The van der Waals surface area contributed by atoms with Crippen molar-refractivity contribution in [2.45, 2.75) is 38.0 Å². The minimum atomic E-state index is -1.36. The van der Waals surface area contributed by atoms with Crippen LogP contribution in [-0.4, -0.2) is 46.2 Å². The first-order valence-corrected chi connectivity index (χ1v) is 4.92. The van der Waals surface area contributed by atoms with Crippen LogP contribution >= 0.6 is 0 Å². The largest absolute Gasteiger partial charge is 0.480 e. The minimum absolute atomic E-state index is 0.232. The molecule has 2 unspecified atom stereocenters. The number of amides is 2. The Morgan fingerprint density at radius 2 is 2.19 bits per heavy atom. The van der Waals surface area contributed by atoms with E-state index < -0.39 is 30.1 Å². The molecule has 2 amide bonds. The zero-order chi connectivity index (χ0) is 12.3. The number of rotatable bonds is 4. The SMILES string of the molecule is CC(O)C(NC(=O)[C@H]1CCC(=O)N1)C(=O)O. The van der Waals surface area contributed by atoms with E-state index in [1.807, 2.05) is 0 Å². The van der Waals surface area contributed by atoms with Crippen LogP contribution in [0.1, 0.15) is 19.8 Å². The van der Waals surface area contributed by atoms with E-state index in [1.54, 1.807) is 0 Å². The van der Waals surface area contributed by atoms with Gasteiger partial charge in [-0.1, -0.05) is 0 Å². The van der Waals surface area contributed by atoms with Crippen LogP contribution in [0.15, 0.2) is 0 Å². The first kappa shape index (κ1) is 12.4. The van der Waals surface area contributed by atoms with E-state index in [1.165, 1.54) is 6.92 Å². The molecule has 1 rings (SSSR count). The van der Waals surface area contributed by atoms with Crippen LogP contribution in [0, 0.1) is 0 Å². The molecule has 16 heavy (non-hydrogen) atoms. The van der Waals surface area contributed by atoms with Gasteiger partial charge in [-0.05, 0) is 13.3 Å². The number of hydrogen-bond acceptors (Lipinski definition) is 4. The maximum atomic E-state index is 11.5. The molecule has 0 aromatic carbocycles. The van der Waals surface area contributed by atoms with Gasteiger partial charge in [-0.3, -0.25) is 9.59 Å². The second kappa shape index (κ2) is 4.93. The van der Waals surface area contributed by atoms with Gasteiger partial charge in [-0.25, -0.2) is 4.79 Å². The highest BCUT2D eigenvalue weighted by Crippen LogP contribution is 2.07. The molecule has 1 aliphatic heterocycles. The molecule has 7 heteroatoms. The summed E-state index contributed by atoms with van der Waals surface area (Å²) < 4.78 is 0. The summed E-state index contributed by atoms with van der Waals surface area (Å²) in [4.78, 5) is 33.1. The van der Waals surface area contributed by atoms with Crippen molar-refractivity contribution in [1.29, 1.82) is 0 Å². The molecule has 0 bridgehead atoms. The summed E-state index contributed by atoms with van der Waals surface area (Å²) in [6.07, 6.45) is -0.597. The molecule has 90 valence electrons. The highest BCUT2D eigenvalue weighted by molar-refractivity contribution is 5.92. The first-order valence-electron chi connectivity index (χ1n) is 4.92. The molecule has 0 aromatic rings. The highest BCUT2D eigenvalue weighted by Gasteiger charge is 2.32. The summed E-state index contributed by atoms with van der Waals surface area (Å²) in [6.45, 7) is 1.27. The molecule has 1 aliphatic rings. The van der Waals surface area contributed by atoms with Gasteiger partial charge in [-0.15, -0.1) is 0 Å². The summed E-state index contributed by atoms with van der Waals surface area (Å²) in [5.74, 6) is -2.13. The van der Waals surface area contributed by atoms with Crippen molar-refractivity contribution < 1.29 is 24.6 Å². The normalized spacial score (nSPS) is 23.4. The molecule has 3 atom stereocenters. The van der Waals surface area contributed by atoms with Crippen molar-refractivity contribution in [3.05, 3.63) is 0 Å². The lowest BCUT2D eigenvalue weighted by atomic mass is 10.1. The Morgan fingerprint density at radius 1 is 1.56 bits per heavy atom. The lowest BCUT2D eigenvalue weighted by Crippen LogP contribution is -2.52. The molecule has 1 fully saturated rings. The predicted octanol–water partition coefficient (Wildman–Crippen LogP) is -1.78. The third kappa shape index (κ3) is 2.93. The Balaban J connectivity index is 2.55. The fourth-order valence-electron chi connectivity index (χ4n) is 1.45. The van der Waals surface area contributed by atoms with Gasteiger partial charge in [0.25, 0.3) is 0 Å². The van der Waals surface area contributed by atoms with Gasteiger partial charge >= 0.3 is 5.97 Å². The molecule has 0 radical (unpaired) electrons. The van der Waals surface area contributed by atoms with Gasteiger partial charge in [0, 0.05) is 6.42 Å². The maximum Gasteiger partial charge on any atom is 0.328 e. The van der Waals surface area contributed by atoms with E-state index in [0.717, 1.165) is 0 Å². The van der Waals surface area contributed by atoms with E-state index in [2.05, 4.69) is 10.6 Å². The Labute approximate surface area is 91.8 Å². The molecule has 1 saturated heterocycles. The van der Waals surface area contributed by atoms with E-state index in [9.17, 15) is 14.4 Å². The fourth-order valence-corrected chi connectivity index (χ4v) is 1.45. The minimum Gasteiger partial charge on any atom is -0.480 e. The summed E-state index contributed by atoms with van der Waals surface area (Å²) in [7, 11) is 0. The van der Waals surface area contributed by atoms with E-state index in [4.69, 9.17) is 10.2 Å². The van der Waals surface area contributed by atoms with Gasteiger partial charge in [-0.2, -0.15) is 0 Å². The number of carbonyl (C=O) groups is 3. The average molecular weight is 230 g/mol. The third-order valence-corrected chi connectivity index (χ3v) is 2.36. The van der Waals surface area contributed by atoms with Crippen molar-refractivity contribution in [2.24, 2.45) is 0 Å². The topological polar surface area (TPSA) is 116 Å². The number of aliphatic carboxylic acids is 1. The van der Waals surface area contributed by atoms with Crippen LogP contribution < -0.4 is 10.6 Å². The van der Waals surface area contributed by atoms with Crippen LogP contribution in [0.2, 0.25) is 0 Å². The quantitative estimate of drug-likeness (QED) is 0.455. The molecular formula is C9H14N2O5. The maximum absolute atomic E-state index is 11.5. The number of hydrogen-bond donors (Lipinski definition) is 4. The molecule has 0 spiro atoms. The summed E-state index contributed by atoms with van der Waals surface area (Å²) in [5.41, 5.74) is 0. The molecule has 7 nitrogen and oxygen atoms in total. The Morgan fingerprint density at radius 3 is 2.56 bits per heavy atom. The van der Waals surface area contributed by atoms with Crippen LogP contribution in [0.25, 0.3) is 0 Å². The Bertz CT molecular complexity index is 315. The Kier molecular flexibility index (Phi) is 3.83. The predicted molar refractivity (Wildman–Crippen MR) is 52.4 cm³/mol. The molecular weight excluding hydrogens is 216 g/mol. The van der Waals surface area contributed by atoms with Crippen LogP contribution in [-0.2, 0) is 14.4 Å².